The number of Topliss-reactive ketones (excluding diaryl/α,β-unsaturated/α-hetero) is 1. The number of rotatable bonds is 4. The number of nitro groups is 1. The van der Waals surface area contributed by atoms with Crippen molar-refractivity contribution in [3.05, 3.63) is 51.1 Å². The van der Waals surface area contributed by atoms with Crippen LogP contribution in [0, 0.1) is 10.1 Å². The van der Waals surface area contributed by atoms with E-state index in [1.807, 2.05) is 0 Å². The lowest BCUT2D eigenvalue weighted by atomic mass is 10.0. The van der Waals surface area contributed by atoms with Gasteiger partial charge in [-0.15, -0.1) is 0 Å². The summed E-state index contributed by atoms with van der Waals surface area (Å²) in [6.45, 7) is 8.33. The van der Waals surface area contributed by atoms with E-state index in [0.29, 0.717) is 0 Å². The second-order valence-corrected chi connectivity index (χ2v) is 5.64. The molecule has 0 saturated carbocycles. The summed E-state index contributed by atoms with van der Waals surface area (Å²) in [7, 11) is 0. The summed E-state index contributed by atoms with van der Waals surface area (Å²) < 4.78 is 5.02. The van der Waals surface area contributed by atoms with E-state index in [4.69, 9.17) is 16.3 Å². The van der Waals surface area contributed by atoms with Crippen LogP contribution in [0.15, 0.2) is 30.4 Å². The van der Waals surface area contributed by atoms with E-state index in [9.17, 15) is 19.7 Å². The molecule has 0 saturated heterocycles. The first kappa shape index (κ1) is 16.8. The number of esters is 1. The molecular weight excluding hydrogens is 298 g/mol. The molecule has 1 aromatic carbocycles. The molecule has 7 heteroatoms. The molecule has 6 nitrogen and oxygen atoms in total. The van der Waals surface area contributed by atoms with Gasteiger partial charge >= 0.3 is 5.97 Å². The lowest BCUT2D eigenvalue weighted by molar-refractivity contribution is -0.384. The molecule has 0 aromatic heterocycles. The second-order valence-electron chi connectivity index (χ2n) is 5.23. The van der Waals surface area contributed by atoms with Crippen molar-refractivity contribution in [2.45, 2.75) is 26.4 Å². The Morgan fingerprint density at radius 3 is 2.38 bits per heavy atom. The Morgan fingerprint density at radius 2 is 1.90 bits per heavy atom. The molecule has 112 valence electrons. The standard InChI is InChI=1S/C14H14ClNO5/c1-8(13(18)21-14(2,3)4)12(17)9-5-6-10(15)11(7-9)16(19)20/h5-7H,1H2,2-4H3. The Hall–Kier alpha value is -2.21. The highest BCUT2D eigenvalue weighted by Gasteiger charge is 2.25. The van der Waals surface area contributed by atoms with Crippen molar-refractivity contribution in [1.82, 2.24) is 0 Å². The van der Waals surface area contributed by atoms with Gasteiger partial charge in [-0.2, -0.15) is 0 Å². The number of ether oxygens (including phenoxy) is 1. The van der Waals surface area contributed by atoms with Crippen molar-refractivity contribution in [3.8, 4) is 0 Å². The smallest absolute Gasteiger partial charge is 0.342 e. The van der Waals surface area contributed by atoms with Gasteiger partial charge in [0.15, 0.2) is 5.78 Å². The zero-order chi connectivity index (χ0) is 16.4. The van der Waals surface area contributed by atoms with E-state index in [1.165, 1.54) is 12.1 Å². The largest absolute Gasteiger partial charge is 0.456 e. The zero-order valence-corrected chi connectivity index (χ0v) is 12.6. The first-order chi connectivity index (χ1) is 9.53. The van der Waals surface area contributed by atoms with Crippen LogP contribution in [0.1, 0.15) is 31.1 Å². The molecule has 0 aliphatic carbocycles. The molecule has 0 aliphatic heterocycles. The second kappa shape index (κ2) is 6.05. The van der Waals surface area contributed by atoms with E-state index >= 15 is 0 Å². The quantitative estimate of drug-likeness (QED) is 0.162. The van der Waals surface area contributed by atoms with E-state index in [1.54, 1.807) is 20.8 Å². The molecule has 0 unspecified atom stereocenters. The number of ketones is 1. The molecule has 0 heterocycles. The van der Waals surface area contributed by atoms with Crippen molar-refractivity contribution >= 4 is 29.0 Å². The van der Waals surface area contributed by atoms with Gasteiger partial charge in [0.2, 0.25) is 0 Å². The Bertz CT molecular complexity index is 631. The maximum atomic E-state index is 12.1. The van der Waals surface area contributed by atoms with Crippen LogP contribution < -0.4 is 0 Å². The Kier molecular flexibility index (Phi) is 4.85. The molecule has 1 aromatic rings. The monoisotopic (exact) mass is 311 g/mol. The highest BCUT2D eigenvalue weighted by molar-refractivity contribution is 6.33. The van der Waals surface area contributed by atoms with E-state index < -0.39 is 33.5 Å². The number of carbonyl (C=O) groups is 2. The Labute approximate surface area is 126 Å². The molecule has 21 heavy (non-hydrogen) atoms. The molecule has 0 bridgehead atoms. The average Bonchev–Trinajstić information content (AvgIpc) is 2.35. The van der Waals surface area contributed by atoms with Crippen LogP contribution in [0.5, 0.6) is 0 Å². The van der Waals surface area contributed by atoms with Gasteiger partial charge in [0.05, 0.1) is 4.92 Å². The van der Waals surface area contributed by atoms with E-state index in [0.717, 1.165) is 6.07 Å². The lowest BCUT2D eigenvalue weighted by Gasteiger charge is -2.19. The predicted molar refractivity (Wildman–Crippen MR) is 77.4 cm³/mol. The van der Waals surface area contributed by atoms with Crippen LogP contribution in [0.25, 0.3) is 0 Å². The van der Waals surface area contributed by atoms with E-state index in [2.05, 4.69) is 6.58 Å². The first-order valence-corrected chi connectivity index (χ1v) is 6.31. The SMILES string of the molecule is C=C(C(=O)OC(C)(C)C)C(=O)c1ccc(Cl)c([N+](=O)[O-])c1. The summed E-state index contributed by atoms with van der Waals surface area (Å²) in [5.74, 6) is -1.62. The fourth-order valence-electron chi connectivity index (χ4n) is 1.40. The minimum absolute atomic E-state index is 0.0537. The molecule has 0 atom stereocenters. The Balaban J connectivity index is 3.04. The maximum absolute atomic E-state index is 12.1. The number of carbonyl (C=O) groups excluding carboxylic acids is 2. The first-order valence-electron chi connectivity index (χ1n) is 5.94. The summed E-state index contributed by atoms with van der Waals surface area (Å²) in [6.07, 6.45) is 0. The van der Waals surface area contributed by atoms with Gasteiger partial charge in [-0.25, -0.2) is 4.79 Å². The average molecular weight is 312 g/mol. The third-order valence-electron chi connectivity index (χ3n) is 2.32. The number of halogens is 1. The summed E-state index contributed by atoms with van der Waals surface area (Å²) in [5, 5.41) is 10.7. The van der Waals surface area contributed by atoms with E-state index in [-0.39, 0.29) is 10.6 Å². The third-order valence-corrected chi connectivity index (χ3v) is 2.64. The molecule has 0 N–H and O–H groups in total. The molecule has 0 fully saturated rings. The number of hydrogen-bond acceptors (Lipinski definition) is 5. The van der Waals surface area contributed by atoms with Crippen LogP contribution in [-0.2, 0) is 9.53 Å². The normalized spacial score (nSPS) is 10.9. The summed E-state index contributed by atoms with van der Waals surface area (Å²) in [4.78, 5) is 33.9. The van der Waals surface area contributed by atoms with Crippen LogP contribution in [0.4, 0.5) is 5.69 Å². The summed E-state index contributed by atoms with van der Waals surface area (Å²) in [5.41, 5.74) is -1.64. The molecule has 1 rings (SSSR count). The van der Waals surface area contributed by atoms with Gasteiger partial charge in [-0.1, -0.05) is 18.2 Å². The molecule has 0 spiro atoms. The Morgan fingerprint density at radius 1 is 1.33 bits per heavy atom. The number of nitrogens with zero attached hydrogens (tertiary/aromatic N) is 1. The van der Waals surface area contributed by atoms with Gasteiger partial charge < -0.3 is 4.74 Å². The highest BCUT2D eigenvalue weighted by atomic mass is 35.5. The summed E-state index contributed by atoms with van der Waals surface area (Å²) >= 11 is 5.66. The van der Waals surface area contributed by atoms with Crippen LogP contribution in [0.3, 0.4) is 0 Å². The van der Waals surface area contributed by atoms with Gasteiger partial charge in [-0.3, -0.25) is 14.9 Å². The van der Waals surface area contributed by atoms with Gasteiger partial charge in [-0.05, 0) is 32.9 Å². The molecular formula is C14H14ClNO5. The minimum Gasteiger partial charge on any atom is -0.456 e. The lowest BCUT2D eigenvalue weighted by Crippen LogP contribution is -2.26. The van der Waals surface area contributed by atoms with Crippen molar-refractivity contribution in [2.24, 2.45) is 0 Å². The molecule has 0 radical (unpaired) electrons. The van der Waals surface area contributed by atoms with Gasteiger partial charge in [0.25, 0.3) is 5.69 Å². The maximum Gasteiger partial charge on any atom is 0.342 e. The van der Waals surface area contributed by atoms with Gasteiger partial charge in [0.1, 0.15) is 16.2 Å². The van der Waals surface area contributed by atoms with Crippen molar-refractivity contribution in [3.63, 3.8) is 0 Å². The summed E-state index contributed by atoms with van der Waals surface area (Å²) in [6, 6.07) is 3.50. The van der Waals surface area contributed by atoms with Crippen molar-refractivity contribution in [1.29, 1.82) is 0 Å². The topological polar surface area (TPSA) is 86.5 Å². The van der Waals surface area contributed by atoms with Crippen molar-refractivity contribution in [2.75, 3.05) is 0 Å². The van der Waals surface area contributed by atoms with Crippen LogP contribution in [-0.4, -0.2) is 22.3 Å². The molecule has 0 aliphatic rings. The van der Waals surface area contributed by atoms with Crippen molar-refractivity contribution < 1.29 is 19.2 Å². The minimum atomic E-state index is -0.870. The number of nitro benzene ring substituents is 1. The number of benzene rings is 1. The van der Waals surface area contributed by atoms with Crippen LogP contribution >= 0.6 is 11.6 Å². The molecule has 0 amide bonds. The highest BCUT2D eigenvalue weighted by Crippen LogP contribution is 2.26. The van der Waals surface area contributed by atoms with Crippen LogP contribution in [0.2, 0.25) is 5.02 Å². The fraction of sp³-hybridized carbons (Fsp3) is 0.286. The number of hydrogen-bond donors (Lipinski definition) is 0. The zero-order valence-electron chi connectivity index (χ0n) is 11.8. The van der Waals surface area contributed by atoms with Gasteiger partial charge in [0, 0.05) is 11.6 Å². The predicted octanol–water partition coefficient (Wildman–Crippen LogP) is 3.33. The fourth-order valence-corrected chi connectivity index (χ4v) is 1.59. The third kappa shape index (κ3) is 4.39.